The molecule has 0 N–H and O–H groups in total. The Bertz CT molecular complexity index is 113. The smallest absolute Gasteiger partial charge is 0.0880 e. The van der Waals surface area contributed by atoms with Gasteiger partial charge in [-0.2, -0.15) is 0 Å². The second kappa shape index (κ2) is 7.81. The Balaban J connectivity index is 3.29. The highest BCUT2D eigenvalue weighted by molar-refractivity contribution is 9.09. The first-order valence-electron chi connectivity index (χ1n) is 5.50. The van der Waals surface area contributed by atoms with E-state index in [1.165, 1.54) is 45.2 Å². The van der Waals surface area contributed by atoms with Gasteiger partial charge in [0.1, 0.15) is 0 Å². The summed E-state index contributed by atoms with van der Waals surface area (Å²) in [5.74, 6) is 0. The molecule has 2 heteroatoms. The maximum Gasteiger partial charge on any atom is 0.0880 e. The van der Waals surface area contributed by atoms with Crippen molar-refractivity contribution in [1.82, 2.24) is 0 Å². The van der Waals surface area contributed by atoms with Crippen LogP contribution in [0.15, 0.2) is 0 Å². The van der Waals surface area contributed by atoms with Gasteiger partial charge in [0.05, 0.1) is 32.5 Å². The van der Waals surface area contributed by atoms with Crippen LogP contribution < -0.4 is 0 Å². The van der Waals surface area contributed by atoms with Crippen LogP contribution in [0.5, 0.6) is 0 Å². The maximum atomic E-state index is 3.50. The van der Waals surface area contributed by atoms with Gasteiger partial charge in [-0.3, -0.25) is 0 Å². The third-order valence-electron chi connectivity index (χ3n) is 2.56. The van der Waals surface area contributed by atoms with E-state index in [2.05, 4.69) is 36.9 Å². The summed E-state index contributed by atoms with van der Waals surface area (Å²) >= 11 is 3.50. The lowest BCUT2D eigenvalue weighted by Crippen LogP contribution is -2.41. The lowest BCUT2D eigenvalue weighted by molar-refractivity contribution is -0.887. The zero-order chi connectivity index (χ0) is 10.2. The fraction of sp³-hybridized carbons (Fsp3) is 1.00. The van der Waals surface area contributed by atoms with Crippen molar-refractivity contribution >= 4 is 15.9 Å². The molecule has 0 heterocycles. The minimum Gasteiger partial charge on any atom is -0.328 e. The molecular formula is C11H25BrN+. The monoisotopic (exact) mass is 250 g/mol. The molecule has 0 amide bonds. The van der Waals surface area contributed by atoms with Crippen LogP contribution in [0, 0.1) is 0 Å². The van der Waals surface area contributed by atoms with E-state index in [9.17, 15) is 0 Å². The van der Waals surface area contributed by atoms with Crippen LogP contribution in [0.4, 0.5) is 0 Å². The Kier molecular flexibility index (Phi) is 8.07. The number of rotatable bonds is 8. The van der Waals surface area contributed by atoms with Gasteiger partial charge in [0.25, 0.3) is 0 Å². The van der Waals surface area contributed by atoms with Gasteiger partial charge in [0.15, 0.2) is 0 Å². The van der Waals surface area contributed by atoms with E-state index in [-0.39, 0.29) is 0 Å². The first-order valence-corrected chi connectivity index (χ1v) is 6.62. The molecule has 0 aromatic heterocycles. The van der Waals surface area contributed by atoms with Crippen molar-refractivity contribution in [3.05, 3.63) is 0 Å². The number of hydrogen-bond acceptors (Lipinski definition) is 0. The Labute approximate surface area is 92.2 Å². The van der Waals surface area contributed by atoms with E-state index in [4.69, 9.17) is 0 Å². The molecule has 0 rings (SSSR count). The van der Waals surface area contributed by atoms with Crippen molar-refractivity contribution in [2.75, 3.05) is 32.5 Å². The molecule has 0 saturated heterocycles. The fourth-order valence-electron chi connectivity index (χ4n) is 1.48. The molecule has 0 aliphatic rings. The average molecular weight is 251 g/mol. The molecule has 0 fully saturated rings. The summed E-state index contributed by atoms with van der Waals surface area (Å²) in [4.78, 5) is 0. The SMILES string of the molecule is CCCCCCC[N+](C)(C)CCBr. The molecule has 0 aliphatic carbocycles. The molecule has 0 aromatic carbocycles. The van der Waals surface area contributed by atoms with Crippen molar-refractivity contribution in [3.8, 4) is 0 Å². The predicted octanol–water partition coefficient (Wildman–Crippen LogP) is 3.43. The van der Waals surface area contributed by atoms with Gasteiger partial charge in [-0.15, -0.1) is 0 Å². The van der Waals surface area contributed by atoms with E-state index >= 15 is 0 Å². The molecule has 0 spiro atoms. The third-order valence-corrected chi connectivity index (χ3v) is 2.91. The molecule has 0 atom stereocenters. The van der Waals surface area contributed by atoms with Crippen molar-refractivity contribution in [3.63, 3.8) is 0 Å². The van der Waals surface area contributed by atoms with Gasteiger partial charge in [0, 0.05) is 0 Å². The van der Waals surface area contributed by atoms with Crippen LogP contribution in [0.25, 0.3) is 0 Å². The van der Waals surface area contributed by atoms with Crippen LogP contribution in [0.1, 0.15) is 39.0 Å². The molecule has 0 saturated carbocycles. The highest BCUT2D eigenvalue weighted by Gasteiger charge is 2.12. The van der Waals surface area contributed by atoms with E-state index in [0.717, 1.165) is 9.81 Å². The zero-order valence-electron chi connectivity index (χ0n) is 9.48. The van der Waals surface area contributed by atoms with Crippen LogP contribution >= 0.6 is 15.9 Å². The van der Waals surface area contributed by atoms with Crippen molar-refractivity contribution in [2.45, 2.75) is 39.0 Å². The summed E-state index contributed by atoms with van der Waals surface area (Å²) in [5.41, 5.74) is 0. The van der Waals surface area contributed by atoms with Gasteiger partial charge in [-0.1, -0.05) is 42.1 Å². The van der Waals surface area contributed by atoms with Crippen LogP contribution in [0.3, 0.4) is 0 Å². The molecular weight excluding hydrogens is 226 g/mol. The Morgan fingerprint density at radius 3 is 2.08 bits per heavy atom. The number of hydrogen-bond donors (Lipinski definition) is 0. The summed E-state index contributed by atoms with van der Waals surface area (Å²) in [6.07, 6.45) is 6.98. The van der Waals surface area contributed by atoms with Gasteiger partial charge in [-0.05, 0) is 12.8 Å². The van der Waals surface area contributed by atoms with Gasteiger partial charge in [0.2, 0.25) is 0 Å². The minimum atomic E-state index is 1.12. The Hall–Kier alpha value is 0.440. The highest BCUT2D eigenvalue weighted by atomic mass is 79.9. The summed E-state index contributed by atoms with van der Waals surface area (Å²) < 4.78 is 1.16. The highest BCUT2D eigenvalue weighted by Crippen LogP contribution is 2.07. The molecule has 13 heavy (non-hydrogen) atoms. The molecule has 0 unspecified atom stereocenters. The lowest BCUT2D eigenvalue weighted by atomic mass is 10.1. The fourth-order valence-corrected chi connectivity index (χ4v) is 2.44. The van der Waals surface area contributed by atoms with Crippen molar-refractivity contribution in [1.29, 1.82) is 0 Å². The largest absolute Gasteiger partial charge is 0.328 e. The predicted molar refractivity (Wildman–Crippen MR) is 64.4 cm³/mol. The number of alkyl halides is 1. The first-order chi connectivity index (χ1) is 6.12. The molecule has 1 nitrogen and oxygen atoms in total. The molecule has 0 aromatic rings. The zero-order valence-corrected chi connectivity index (χ0v) is 11.1. The standard InChI is InChI=1S/C11H25BrN/c1-4-5-6-7-8-10-13(2,3)11-9-12/h4-11H2,1-3H3/q+1. The third kappa shape index (κ3) is 8.76. The maximum absolute atomic E-state index is 3.50. The van der Waals surface area contributed by atoms with Gasteiger partial charge >= 0.3 is 0 Å². The van der Waals surface area contributed by atoms with E-state index in [1.54, 1.807) is 0 Å². The second-order valence-corrected chi connectivity index (χ2v) is 5.28. The topological polar surface area (TPSA) is 0 Å². The van der Waals surface area contributed by atoms with E-state index in [0.29, 0.717) is 0 Å². The minimum absolute atomic E-state index is 1.12. The lowest BCUT2D eigenvalue weighted by Gasteiger charge is -2.28. The molecule has 80 valence electrons. The first kappa shape index (κ1) is 13.4. The average Bonchev–Trinajstić information content (AvgIpc) is 2.04. The van der Waals surface area contributed by atoms with E-state index < -0.39 is 0 Å². The number of nitrogens with zero attached hydrogens (tertiary/aromatic N) is 1. The molecule has 0 aliphatic heterocycles. The number of unbranched alkanes of at least 4 members (excludes halogenated alkanes) is 4. The Morgan fingerprint density at radius 1 is 0.923 bits per heavy atom. The van der Waals surface area contributed by atoms with Crippen molar-refractivity contribution in [2.24, 2.45) is 0 Å². The van der Waals surface area contributed by atoms with Crippen LogP contribution in [-0.4, -0.2) is 37.0 Å². The quantitative estimate of drug-likeness (QED) is 0.352. The normalized spacial score (nSPS) is 12.0. The van der Waals surface area contributed by atoms with Crippen LogP contribution in [0.2, 0.25) is 0 Å². The van der Waals surface area contributed by atoms with E-state index in [1.807, 2.05) is 0 Å². The summed E-state index contributed by atoms with van der Waals surface area (Å²) in [7, 11) is 4.64. The number of quaternary nitrogens is 1. The van der Waals surface area contributed by atoms with Gasteiger partial charge in [-0.25, -0.2) is 0 Å². The number of halogens is 1. The van der Waals surface area contributed by atoms with Crippen molar-refractivity contribution < 1.29 is 4.48 Å². The summed E-state index contributed by atoms with van der Waals surface area (Å²) in [6, 6.07) is 0. The summed E-state index contributed by atoms with van der Waals surface area (Å²) in [5, 5.41) is 1.12. The van der Waals surface area contributed by atoms with Crippen LogP contribution in [-0.2, 0) is 0 Å². The molecule has 0 bridgehead atoms. The summed E-state index contributed by atoms with van der Waals surface area (Å²) in [6.45, 7) is 4.84. The van der Waals surface area contributed by atoms with Gasteiger partial charge < -0.3 is 4.48 Å². The molecule has 0 radical (unpaired) electrons. The second-order valence-electron chi connectivity index (χ2n) is 4.49. The Morgan fingerprint density at radius 2 is 1.54 bits per heavy atom.